The minimum Gasteiger partial charge on any atom is -0.494 e. The summed E-state index contributed by atoms with van der Waals surface area (Å²) in [5.41, 5.74) is 0.975. The molecule has 3 nitrogen and oxygen atoms in total. The van der Waals surface area contributed by atoms with Gasteiger partial charge < -0.3 is 4.74 Å². The van der Waals surface area contributed by atoms with E-state index in [1.54, 1.807) is 4.90 Å². The number of thiocarbonyl (C=S) groups is 1. The molecule has 5 heteroatoms. The summed E-state index contributed by atoms with van der Waals surface area (Å²) in [6, 6.07) is 7.85. The van der Waals surface area contributed by atoms with Crippen molar-refractivity contribution in [1.29, 1.82) is 0 Å². The van der Waals surface area contributed by atoms with Gasteiger partial charge in [0.15, 0.2) is 0 Å². The summed E-state index contributed by atoms with van der Waals surface area (Å²) in [4.78, 5) is 14.8. The predicted molar refractivity (Wildman–Crippen MR) is 92.4 cm³/mol. The van der Waals surface area contributed by atoms with E-state index in [-0.39, 0.29) is 11.9 Å². The molecule has 1 aromatic carbocycles. The minimum atomic E-state index is 0.00762. The van der Waals surface area contributed by atoms with E-state index in [0.29, 0.717) is 15.8 Å². The van der Waals surface area contributed by atoms with Gasteiger partial charge in [0.1, 0.15) is 10.1 Å². The van der Waals surface area contributed by atoms with E-state index >= 15 is 0 Å². The molecular weight excluding hydrogens is 302 g/mol. The summed E-state index contributed by atoms with van der Waals surface area (Å²) in [5.74, 6) is 0.843. The Kier molecular flexibility index (Phi) is 5.42. The van der Waals surface area contributed by atoms with Crippen molar-refractivity contribution in [2.75, 3.05) is 6.61 Å². The molecule has 0 radical (unpaired) electrons. The van der Waals surface area contributed by atoms with E-state index in [4.69, 9.17) is 17.0 Å². The fourth-order valence-corrected chi connectivity index (χ4v) is 3.48. The summed E-state index contributed by atoms with van der Waals surface area (Å²) < 4.78 is 6.06. The molecule has 21 heavy (non-hydrogen) atoms. The van der Waals surface area contributed by atoms with Crippen molar-refractivity contribution >= 4 is 40.3 Å². The van der Waals surface area contributed by atoms with Crippen molar-refractivity contribution in [3.63, 3.8) is 0 Å². The molecule has 0 saturated carbocycles. The fourth-order valence-electron chi connectivity index (χ4n) is 2.02. The molecule has 0 bridgehead atoms. The molecule has 0 aliphatic carbocycles. The molecular formula is C16H19NO2S2. The number of benzene rings is 1. The van der Waals surface area contributed by atoms with Gasteiger partial charge in [-0.3, -0.25) is 9.69 Å². The molecule has 1 atom stereocenters. The second-order valence-corrected chi connectivity index (χ2v) is 6.49. The lowest BCUT2D eigenvalue weighted by atomic mass is 10.2. The summed E-state index contributed by atoms with van der Waals surface area (Å²) in [6.07, 6.45) is 2.78. The summed E-state index contributed by atoms with van der Waals surface area (Å²) >= 11 is 6.69. The van der Waals surface area contributed by atoms with E-state index in [0.717, 1.165) is 17.7 Å². The highest BCUT2D eigenvalue weighted by Gasteiger charge is 2.34. The van der Waals surface area contributed by atoms with Gasteiger partial charge in [0.2, 0.25) is 0 Å². The smallest absolute Gasteiger partial charge is 0.266 e. The van der Waals surface area contributed by atoms with Crippen LogP contribution in [0.4, 0.5) is 0 Å². The molecule has 0 unspecified atom stereocenters. The highest BCUT2D eigenvalue weighted by atomic mass is 32.2. The monoisotopic (exact) mass is 321 g/mol. The zero-order valence-electron chi connectivity index (χ0n) is 12.5. The molecule has 1 saturated heterocycles. The molecule has 1 heterocycles. The van der Waals surface area contributed by atoms with Crippen LogP contribution in [-0.4, -0.2) is 27.8 Å². The second kappa shape index (κ2) is 7.09. The van der Waals surface area contributed by atoms with Crippen LogP contribution in [0.15, 0.2) is 29.2 Å². The SMILES string of the molecule is CCOc1ccc(/C=C2/SC(=S)N([C@H](C)CC)C2=O)cc1. The van der Waals surface area contributed by atoms with Crippen molar-refractivity contribution in [2.45, 2.75) is 33.2 Å². The molecule has 1 aliphatic rings. The quantitative estimate of drug-likeness (QED) is 0.603. The van der Waals surface area contributed by atoms with Gasteiger partial charge in [-0.25, -0.2) is 0 Å². The standard InChI is InChI=1S/C16H19NO2S2/c1-4-11(3)17-15(18)14(21-16(17)20)10-12-6-8-13(9-7-12)19-5-2/h6-11H,4-5H2,1-3H3/b14-10+/t11-/m1/s1. The number of rotatable bonds is 5. The van der Waals surface area contributed by atoms with Gasteiger partial charge in [-0.05, 0) is 44.0 Å². The van der Waals surface area contributed by atoms with Crippen LogP contribution in [0.1, 0.15) is 32.8 Å². The zero-order chi connectivity index (χ0) is 15.4. The van der Waals surface area contributed by atoms with Gasteiger partial charge in [0, 0.05) is 6.04 Å². The number of carbonyl (C=O) groups is 1. The highest BCUT2D eigenvalue weighted by Crippen LogP contribution is 2.34. The van der Waals surface area contributed by atoms with Gasteiger partial charge in [-0.1, -0.05) is 43.0 Å². The third-order valence-electron chi connectivity index (χ3n) is 3.34. The summed E-state index contributed by atoms with van der Waals surface area (Å²) in [5, 5.41) is 0. The van der Waals surface area contributed by atoms with Crippen molar-refractivity contribution in [3.05, 3.63) is 34.7 Å². The maximum Gasteiger partial charge on any atom is 0.266 e. The van der Waals surface area contributed by atoms with Crippen molar-refractivity contribution in [3.8, 4) is 5.75 Å². The van der Waals surface area contributed by atoms with Gasteiger partial charge in [-0.15, -0.1) is 0 Å². The first-order valence-electron chi connectivity index (χ1n) is 7.06. The van der Waals surface area contributed by atoms with E-state index in [2.05, 4.69) is 6.92 Å². The Morgan fingerprint density at radius 1 is 1.33 bits per heavy atom. The Labute approximate surface area is 135 Å². The molecule has 0 aromatic heterocycles. The molecule has 0 N–H and O–H groups in total. The van der Waals surface area contributed by atoms with Crippen LogP contribution < -0.4 is 4.74 Å². The van der Waals surface area contributed by atoms with Crippen LogP contribution in [0.2, 0.25) is 0 Å². The van der Waals surface area contributed by atoms with Gasteiger partial charge in [-0.2, -0.15) is 0 Å². The number of carbonyl (C=O) groups excluding carboxylic acids is 1. The molecule has 0 spiro atoms. The minimum absolute atomic E-state index is 0.00762. The van der Waals surface area contributed by atoms with Crippen LogP contribution >= 0.6 is 24.0 Å². The van der Waals surface area contributed by atoms with Crippen LogP contribution in [0, 0.1) is 0 Å². The second-order valence-electron chi connectivity index (χ2n) is 4.81. The van der Waals surface area contributed by atoms with E-state index < -0.39 is 0 Å². The average molecular weight is 321 g/mol. The number of ether oxygens (including phenoxy) is 1. The Hall–Kier alpha value is -1.33. The third-order valence-corrected chi connectivity index (χ3v) is 4.67. The zero-order valence-corrected chi connectivity index (χ0v) is 14.1. The molecule has 2 rings (SSSR count). The fraction of sp³-hybridized carbons (Fsp3) is 0.375. The normalized spacial score (nSPS) is 18.4. The summed E-state index contributed by atoms with van der Waals surface area (Å²) in [7, 11) is 0. The average Bonchev–Trinajstić information content (AvgIpc) is 2.75. The lowest BCUT2D eigenvalue weighted by Gasteiger charge is -2.21. The number of hydrogen-bond donors (Lipinski definition) is 0. The first-order chi connectivity index (χ1) is 10.1. The third kappa shape index (κ3) is 3.66. The van der Waals surface area contributed by atoms with Crippen LogP contribution in [0.5, 0.6) is 5.75 Å². The Morgan fingerprint density at radius 2 is 2.00 bits per heavy atom. The Balaban J connectivity index is 2.18. The predicted octanol–water partition coefficient (Wildman–Crippen LogP) is 4.09. The van der Waals surface area contributed by atoms with Crippen LogP contribution in [-0.2, 0) is 4.79 Å². The topological polar surface area (TPSA) is 29.5 Å². The van der Waals surface area contributed by atoms with Crippen molar-refractivity contribution in [1.82, 2.24) is 4.90 Å². The number of hydrogen-bond acceptors (Lipinski definition) is 4. The Bertz CT molecular complexity index is 566. The lowest BCUT2D eigenvalue weighted by molar-refractivity contribution is -0.123. The van der Waals surface area contributed by atoms with Gasteiger partial charge >= 0.3 is 0 Å². The molecule has 1 aliphatic heterocycles. The molecule has 1 aromatic rings. The molecule has 1 amide bonds. The first-order valence-corrected chi connectivity index (χ1v) is 8.29. The van der Waals surface area contributed by atoms with Crippen molar-refractivity contribution in [2.24, 2.45) is 0 Å². The number of nitrogens with zero attached hydrogens (tertiary/aromatic N) is 1. The van der Waals surface area contributed by atoms with Crippen LogP contribution in [0.3, 0.4) is 0 Å². The summed E-state index contributed by atoms with van der Waals surface area (Å²) in [6.45, 7) is 6.67. The molecule has 1 fully saturated rings. The van der Waals surface area contributed by atoms with Gasteiger partial charge in [0.25, 0.3) is 5.91 Å². The van der Waals surface area contributed by atoms with E-state index in [1.807, 2.05) is 44.2 Å². The maximum atomic E-state index is 12.4. The Morgan fingerprint density at radius 3 is 2.57 bits per heavy atom. The van der Waals surface area contributed by atoms with Crippen LogP contribution in [0.25, 0.3) is 6.08 Å². The lowest BCUT2D eigenvalue weighted by Crippen LogP contribution is -2.36. The number of amides is 1. The van der Waals surface area contributed by atoms with E-state index in [9.17, 15) is 4.79 Å². The highest BCUT2D eigenvalue weighted by molar-refractivity contribution is 8.26. The number of thioether (sulfide) groups is 1. The molecule has 112 valence electrons. The largest absolute Gasteiger partial charge is 0.494 e. The van der Waals surface area contributed by atoms with E-state index in [1.165, 1.54) is 11.8 Å². The first kappa shape index (κ1) is 16.0. The maximum absolute atomic E-state index is 12.4. The van der Waals surface area contributed by atoms with Crippen molar-refractivity contribution < 1.29 is 9.53 Å². The van der Waals surface area contributed by atoms with Gasteiger partial charge in [0.05, 0.1) is 11.5 Å².